The number of carbonyl (C=O) groups is 1. The molecule has 0 aromatic carbocycles. The van der Waals surface area contributed by atoms with E-state index in [1.807, 2.05) is 13.8 Å². The largest absolute Gasteiger partial charge is 0.348 e. The summed E-state index contributed by atoms with van der Waals surface area (Å²) in [6.07, 6.45) is 0. The molecule has 0 radical (unpaired) electrons. The van der Waals surface area contributed by atoms with Gasteiger partial charge in [-0.15, -0.1) is 0 Å². The topological polar surface area (TPSA) is 20.3 Å². The first-order chi connectivity index (χ1) is 4.80. The predicted octanol–water partition coefficient (Wildman–Crippen LogP) is 1.76. The monoisotopic (exact) mass is 157 g/mol. The molecule has 0 aliphatic carbocycles. The van der Waals surface area contributed by atoms with Gasteiger partial charge in [0.2, 0.25) is 5.91 Å². The second kappa shape index (κ2) is 3.24. The van der Waals surface area contributed by atoms with Gasteiger partial charge in [0.15, 0.2) is 0 Å². The van der Waals surface area contributed by atoms with E-state index in [-0.39, 0.29) is 11.3 Å². The number of amides is 1. The Kier molecular flexibility index (Phi) is 3.09. The molecule has 0 atom stereocenters. The van der Waals surface area contributed by atoms with Crippen LogP contribution < -0.4 is 0 Å². The number of nitrogens with zero attached hydrogens (tertiary/aromatic N) is 1. The molecule has 0 fully saturated rings. The summed E-state index contributed by atoms with van der Waals surface area (Å²) in [4.78, 5) is 13.2. The second-order valence-electron chi connectivity index (χ2n) is 4.08. The molecule has 0 N–H and O–H groups in total. The van der Waals surface area contributed by atoms with Crippen LogP contribution in [0.15, 0.2) is 0 Å². The molecule has 0 rings (SSSR count). The lowest BCUT2D eigenvalue weighted by Gasteiger charge is -2.30. The highest BCUT2D eigenvalue weighted by Crippen LogP contribution is 2.27. The molecule has 0 saturated carbocycles. The van der Waals surface area contributed by atoms with E-state index in [4.69, 9.17) is 0 Å². The van der Waals surface area contributed by atoms with Crippen molar-refractivity contribution in [2.24, 2.45) is 11.3 Å². The molecule has 0 aliphatic heterocycles. The lowest BCUT2D eigenvalue weighted by Crippen LogP contribution is -2.39. The van der Waals surface area contributed by atoms with Gasteiger partial charge < -0.3 is 4.90 Å². The number of carbonyl (C=O) groups excluding carboxylic acids is 1. The van der Waals surface area contributed by atoms with Crippen LogP contribution in [0.25, 0.3) is 0 Å². The Labute approximate surface area is 69.6 Å². The van der Waals surface area contributed by atoms with Gasteiger partial charge in [-0.05, 0) is 5.92 Å². The molecule has 0 aromatic heterocycles. The van der Waals surface area contributed by atoms with Crippen LogP contribution in [-0.4, -0.2) is 24.9 Å². The highest BCUT2D eigenvalue weighted by molar-refractivity contribution is 5.81. The lowest BCUT2D eigenvalue weighted by atomic mass is 9.80. The molecule has 0 saturated heterocycles. The third kappa shape index (κ3) is 2.21. The summed E-state index contributed by atoms with van der Waals surface area (Å²) in [7, 11) is 3.60. The van der Waals surface area contributed by atoms with Crippen LogP contribution in [0, 0.1) is 11.3 Å². The molecule has 11 heavy (non-hydrogen) atoms. The second-order valence-corrected chi connectivity index (χ2v) is 4.08. The molecule has 1 amide bonds. The van der Waals surface area contributed by atoms with Crippen LogP contribution in [0.5, 0.6) is 0 Å². The Bertz CT molecular complexity index is 148. The normalized spacial score (nSPS) is 11.9. The van der Waals surface area contributed by atoms with Crippen LogP contribution in [0.1, 0.15) is 27.7 Å². The molecule has 0 heterocycles. The van der Waals surface area contributed by atoms with E-state index in [0.717, 1.165) is 0 Å². The van der Waals surface area contributed by atoms with Gasteiger partial charge in [0.1, 0.15) is 0 Å². The maximum atomic E-state index is 11.5. The van der Waals surface area contributed by atoms with E-state index in [9.17, 15) is 4.79 Å². The van der Waals surface area contributed by atoms with Crippen molar-refractivity contribution < 1.29 is 4.79 Å². The Morgan fingerprint density at radius 2 is 1.64 bits per heavy atom. The quantitative estimate of drug-likeness (QED) is 0.598. The van der Waals surface area contributed by atoms with Crippen LogP contribution in [-0.2, 0) is 4.79 Å². The SMILES string of the molecule is CC(C)C(C)(C)C(=O)N(C)C. The maximum Gasteiger partial charge on any atom is 0.227 e. The average Bonchev–Trinajstić information content (AvgIpc) is 1.85. The minimum absolute atomic E-state index is 0.201. The van der Waals surface area contributed by atoms with Crippen molar-refractivity contribution in [1.29, 1.82) is 0 Å². The van der Waals surface area contributed by atoms with Gasteiger partial charge in [-0.1, -0.05) is 27.7 Å². The van der Waals surface area contributed by atoms with Crippen molar-refractivity contribution in [3.8, 4) is 0 Å². The molecule has 0 aliphatic rings. The van der Waals surface area contributed by atoms with E-state index in [1.54, 1.807) is 19.0 Å². The van der Waals surface area contributed by atoms with Gasteiger partial charge in [-0.25, -0.2) is 0 Å². The fraction of sp³-hybridized carbons (Fsp3) is 0.889. The van der Waals surface area contributed by atoms with Crippen molar-refractivity contribution in [2.45, 2.75) is 27.7 Å². The van der Waals surface area contributed by atoms with E-state index in [0.29, 0.717) is 5.92 Å². The zero-order valence-corrected chi connectivity index (χ0v) is 8.43. The molecule has 2 heteroatoms. The minimum atomic E-state index is -0.233. The molecular weight excluding hydrogens is 138 g/mol. The predicted molar refractivity (Wildman–Crippen MR) is 47.3 cm³/mol. The molecule has 0 bridgehead atoms. The molecule has 0 aromatic rings. The smallest absolute Gasteiger partial charge is 0.227 e. The van der Waals surface area contributed by atoms with Gasteiger partial charge in [-0.2, -0.15) is 0 Å². The third-order valence-corrected chi connectivity index (χ3v) is 2.40. The standard InChI is InChI=1S/C9H19NO/c1-7(2)9(3,4)8(11)10(5)6/h7H,1-6H3. The lowest BCUT2D eigenvalue weighted by molar-refractivity contribution is -0.139. The summed E-state index contributed by atoms with van der Waals surface area (Å²) in [5.74, 6) is 0.588. The molecular formula is C9H19NO. The summed E-state index contributed by atoms with van der Waals surface area (Å²) in [6, 6.07) is 0. The van der Waals surface area contributed by atoms with Gasteiger partial charge in [0.25, 0.3) is 0 Å². The van der Waals surface area contributed by atoms with Crippen molar-refractivity contribution >= 4 is 5.91 Å². The van der Waals surface area contributed by atoms with E-state index in [2.05, 4.69) is 13.8 Å². The molecule has 2 nitrogen and oxygen atoms in total. The molecule has 66 valence electrons. The Morgan fingerprint density at radius 3 is 1.73 bits per heavy atom. The fourth-order valence-corrected chi connectivity index (χ4v) is 0.823. The number of rotatable bonds is 2. The maximum absolute atomic E-state index is 11.5. The van der Waals surface area contributed by atoms with Gasteiger partial charge in [-0.3, -0.25) is 4.79 Å². The van der Waals surface area contributed by atoms with Crippen molar-refractivity contribution in [1.82, 2.24) is 4.90 Å². The Morgan fingerprint density at radius 1 is 1.27 bits per heavy atom. The summed E-state index contributed by atoms with van der Waals surface area (Å²) in [5, 5.41) is 0. The van der Waals surface area contributed by atoms with Gasteiger partial charge in [0, 0.05) is 19.5 Å². The van der Waals surface area contributed by atoms with Crippen LogP contribution in [0.2, 0.25) is 0 Å². The first kappa shape index (κ1) is 10.5. The van der Waals surface area contributed by atoms with E-state index in [1.165, 1.54) is 0 Å². The zero-order valence-electron chi connectivity index (χ0n) is 8.43. The van der Waals surface area contributed by atoms with Crippen LogP contribution in [0.4, 0.5) is 0 Å². The average molecular weight is 157 g/mol. The number of hydrogen-bond donors (Lipinski definition) is 0. The van der Waals surface area contributed by atoms with Crippen molar-refractivity contribution in [3.05, 3.63) is 0 Å². The van der Waals surface area contributed by atoms with Crippen molar-refractivity contribution in [3.63, 3.8) is 0 Å². The van der Waals surface area contributed by atoms with Crippen molar-refractivity contribution in [2.75, 3.05) is 14.1 Å². The molecule has 0 spiro atoms. The Balaban J connectivity index is 4.43. The fourth-order valence-electron chi connectivity index (χ4n) is 0.823. The molecule has 0 unspecified atom stereocenters. The summed E-state index contributed by atoms with van der Waals surface area (Å²) in [5.41, 5.74) is -0.233. The summed E-state index contributed by atoms with van der Waals surface area (Å²) in [6.45, 7) is 8.11. The summed E-state index contributed by atoms with van der Waals surface area (Å²) < 4.78 is 0. The van der Waals surface area contributed by atoms with Gasteiger partial charge >= 0.3 is 0 Å². The first-order valence-corrected chi connectivity index (χ1v) is 4.02. The Hall–Kier alpha value is -0.530. The van der Waals surface area contributed by atoms with Crippen LogP contribution in [0.3, 0.4) is 0 Å². The first-order valence-electron chi connectivity index (χ1n) is 4.02. The van der Waals surface area contributed by atoms with E-state index >= 15 is 0 Å². The van der Waals surface area contributed by atoms with E-state index < -0.39 is 0 Å². The summed E-state index contributed by atoms with van der Waals surface area (Å²) >= 11 is 0. The number of hydrogen-bond acceptors (Lipinski definition) is 1. The minimum Gasteiger partial charge on any atom is -0.348 e. The highest BCUT2D eigenvalue weighted by Gasteiger charge is 2.32. The van der Waals surface area contributed by atoms with Crippen LogP contribution >= 0.6 is 0 Å². The zero-order chi connectivity index (χ0) is 9.23. The van der Waals surface area contributed by atoms with Gasteiger partial charge in [0.05, 0.1) is 0 Å². The highest BCUT2D eigenvalue weighted by atomic mass is 16.2. The third-order valence-electron chi connectivity index (χ3n) is 2.40.